The van der Waals surface area contributed by atoms with Crippen LogP contribution >= 0.6 is 23.2 Å². The average Bonchev–Trinajstić information content (AvgIpc) is 2.29. The predicted molar refractivity (Wildman–Crippen MR) is 70.6 cm³/mol. The number of rotatable bonds is 4. The summed E-state index contributed by atoms with van der Waals surface area (Å²) in [4.78, 5) is 11.9. The Morgan fingerprint density at radius 2 is 2.17 bits per heavy atom. The largest absolute Gasteiger partial charge is 0.349 e. The summed E-state index contributed by atoms with van der Waals surface area (Å²) in [6.07, 6.45) is 2.78. The molecule has 0 aromatic heterocycles. The van der Waals surface area contributed by atoms with Crippen molar-refractivity contribution in [2.24, 2.45) is 0 Å². The lowest BCUT2D eigenvalue weighted by molar-refractivity contribution is -0.123. The molecule has 1 amide bonds. The summed E-state index contributed by atoms with van der Waals surface area (Å²) in [5.41, 5.74) is -0.0585. The molecule has 98 valence electrons. The molecule has 0 bridgehead atoms. The van der Waals surface area contributed by atoms with E-state index in [1.807, 2.05) is 0 Å². The highest BCUT2D eigenvalue weighted by Gasteiger charge is 2.37. The Hall–Kier alpha value is -0.800. The van der Waals surface area contributed by atoms with Crippen LogP contribution in [0.1, 0.15) is 24.8 Å². The Balaban J connectivity index is 2.03. The maximum Gasteiger partial charge on any atom is 0.225 e. The van der Waals surface area contributed by atoms with Crippen LogP contribution in [0.15, 0.2) is 18.2 Å². The first-order chi connectivity index (χ1) is 8.56. The summed E-state index contributed by atoms with van der Waals surface area (Å²) in [6, 6.07) is 4.40. The molecule has 1 N–H and O–H groups in total. The van der Waals surface area contributed by atoms with E-state index in [1.54, 1.807) is 6.07 Å². The molecule has 1 aromatic rings. The zero-order chi connectivity index (χ0) is 13.2. The van der Waals surface area contributed by atoms with Crippen LogP contribution in [-0.2, 0) is 11.2 Å². The van der Waals surface area contributed by atoms with Crippen LogP contribution in [0, 0.1) is 5.82 Å². The number of amides is 1. The third-order valence-corrected chi connectivity index (χ3v) is 4.24. The lowest BCUT2D eigenvalue weighted by Gasteiger charge is -2.41. The quantitative estimate of drug-likeness (QED) is 0.847. The van der Waals surface area contributed by atoms with E-state index in [1.165, 1.54) is 12.1 Å². The lowest BCUT2D eigenvalue weighted by Crippen LogP contribution is -2.55. The van der Waals surface area contributed by atoms with Crippen molar-refractivity contribution < 1.29 is 9.18 Å². The summed E-state index contributed by atoms with van der Waals surface area (Å²) < 4.78 is 13.5. The van der Waals surface area contributed by atoms with Crippen molar-refractivity contribution in [3.63, 3.8) is 0 Å². The third-order valence-electron chi connectivity index (χ3n) is 3.37. The highest BCUT2D eigenvalue weighted by molar-refractivity contribution is 6.31. The van der Waals surface area contributed by atoms with E-state index < -0.39 is 5.82 Å². The first-order valence-corrected chi connectivity index (χ1v) is 6.77. The number of carbonyl (C=O) groups excluding carboxylic acids is 1. The first-order valence-electron chi connectivity index (χ1n) is 5.86. The van der Waals surface area contributed by atoms with Gasteiger partial charge in [0.15, 0.2) is 0 Å². The number of benzene rings is 1. The Morgan fingerprint density at radius 1 is 1.44 bits per heavy atom. The lowest BCUT2D eigenvalue weighted by atomic mass is 9.78. The molecule has 5 heteroatoms. The molecule has 0 atom stereocenters. The van der Waals surface area contributed by atoms with Crippen LogP contribution in [0.25, 0.3) is 0 Å². The van der Waals surface area contributed by atoms with Gasteiger partial charge >= 0.3 is 0 Å². The van der Waals surface area contributed by atoms with Gasteiger partial charge in [0.2, 0.25) is 5.91 Å². The molecule has 2 rings (SSSR count). The molecule has 0 aliphatic heterocycles. The van der Waals surface area contributed by atoms with Crippen LogP contribution in [0.2, 0.25) is 5.02 Å². The monoisotopic (exact) mass is 289 g/mol. The molecule has 1 fully saturated rings. The molecular formula is C13H14Cl2FNO. The third kappa shape index (κ3) is 2.78. The molecule has 0 heterocycles. The second kappa shape index (κ2) is 5.45. The molecule has 0 spiro atoms. The van der Waals surface area contributed by atoms with Gasteiger partial charge in [-0.15, -0.1) is 11.6 Å². The molecule has 0 radical (unpaired) electrons. The topological polar surface area (TPSA) is 29.1 Å². The Morgan fingerprint density at radius 3 is 2.67 bits per heavy atom. The minimum absolute atomic E-state index is 0.0514. The summed E-state index contributed by atoms with van der Waals surface area (Å²) in [5, 5.41) is 3.16. The molecule has 1 aromatic carbocycles. The Kier molecular flexibility index (Phi) is 4.13. The smallest absolute Gasteiger partial charge is 0.225 e. The van der Waals surface area contributed by atoms with E-state index in [9.17, 15) is 9.18 Å². The minimum Gasteiger partial charge on any atom is -0.349 e. The molecular weight excluding hydrogens is 276 g/mol. The van der Waals surface area contributed by atoms with Crippen molar-refractivity contribution in [1.29, 1.82) is 0 Å². The summed E-state index contributed by atoms with van der Waals surface area (Å²) in [7, 11) is 0. The average molecular weight is 290 g/mol. The van der Waals surface area contributed by atoms with Crippen LogP contribution in [0.4, 0.5) is 4.39 Å². The van der Waals surface area contributed by atoms with Crippen molar-refractivity contribution in [3.8, 4) is 0 Å². The van der Waals surface area contributed by atoms with Gasteiger partial charge in [-0.25, -0.2) is 4.39 Å². The minimum atomic E-state index is -0.453. The molecule has 18 heavy (non-hydrogen) atoms. The molecule has 2 nitrogen and oxygen atoms in total. The van der Waals surface area contributed by atoms with Gasteiger partial charge in [-0.3, -0.25) is 4.79 Å². The molecule has 1 saturated carbocycles. The number of hydrogen-bond acceptors (Lipinski definition) is 1. The Bertz CT molecular complexity index is 435. The fraction of sp³-hybridized carbons (Fsp3) is 0.462. The summed E-state index contributed by atoms with van der Waals surface area (Å²) in [6.45, 7) is 0. The van der Waals surface area contributed by atoms with Gasteiger partial charge in [0, 0.05) is 16.5 Å². The zero-order valence-electron chi connectivity index (χ0n) is 9.81. The van der Waals surface area contributed by atoms with E-state index in [0.29, 0.717) is 5.88 Å². The maximum atomic E-state index is 13.5. The Labute approximate surface area is 115 Å². The first kappa shape index (κ1) is 13.6. The van der Waals surface area contributed by atoms with Gasteiger partial charge in [0.1, 0.15) is 5.82 Å². The van der Waals surface area contributed by atoms with Crippen molar-refractivity contribution in [2.75, 3.05) is 5.88 Å². The van der Waals surface area contributed by atoms with E-state index in [0.717, 1.165) is 19.3 Å². The van der Waals surface area contributed by atoms with Gasteiger partial charge in [0.05, 0.1) is 12.0 Å². The second-order valence-corrected chi connectivity index (χ2v) is 5.37. The van der Waals surface area contributed by atoms with Crippen molar-refractivity contribution in [2.45, 2.75) is 31.2 Å². The summed E-state index contributed by atoms with van der Waals surface area (Å²) >= 11 is 11.7. The normalized spacial score (nSPS) is 17.1. The van der Waals surface area contributed by atoms with Crippen molar-refractivity contribution in [1.82, 2.24) is 5.32 Å². The van der Waals surface area contributed by atoms with Crippen molar-refractivity contribution in [3.05, 3.63) is 34.6 Å². The van der Waals surface area contributed by atoms with Crippen molar-refractivity contribution >= 4 is 29.1 Å². The predicted octanol–water partition coefficient (Wildman–Crippen LogP) is 3.30. The van der Waals surface area contributed by atoms with Gasteiger partial charge < -0.3 is 5.32 Å². The van der Waals surface area contributed by atoms with E-state index in [2.05, 4.69) is 5.32 Å². The highest BCUT2D eigenvalue weighted by Crippen LogP contribution is 2.33. The highest BCUT2D eigenvalue weighted by atomic mass is 35.5. The van der Waals surface area contributed by atoms with Gasteiger partial charge in [-0.1, -0.05) is 17.7 Å². The second-order valence-electron chi connectivity index (χ2n) is 4.69. The number of alkyl halides is 1. The number of carbonyl (C=O) groups is 1. The van der Waals surface area contributed by atoms with Crippen LogP contribution in [0.3, 0.4) is 0 Å². The number of halogens is 3. The van der Waals surface area contributed by atoms with Gasteiger partial charge in [-0.2, -0.15) is 0 Å². The fourth-order valence-corrected chi connectivity index (χ4v) is 2.66. The van der Waals surface area contributed by atoms with E-state index >= 15 is 0 Å². The standard InChI is InChI=1S/C13H14Cl2FNO/c14-8-13(5-2-6-13)17-12(18)7-9-10(15)3-1-4-11(9)16/h1,3-4H,2,5-8H2,(H,17,18). The fourth-order valence-electron chi connectivity index (χ4n) is 2.10. The summed E-state index contributed by atoms with van der Waals surface area (Å²) in [5.74, 6) is -0.294. The number of hydrogen-bond donors (Lipinski definition) is 1. The van der Waals surface area contributed by atoms with Crippen LogP contribution < -0.4 is 5.32 Å². The molecule has 1 aliphatic carbocycles. The van der Waals surface area contributed by atoms with Gasteiger partial charge in [0.25, 0.3) is 0 Å². The molecule has 1 aliphatic rings. The van der Waals surface area contributed by atoms with Crippen LogP contribution in [0.5, 0.6) is 0 Å². The molecule has 0 unspecified atom stereocenters. The molecule has 0 saturated heterocycles. The SMILES string of the molecule is O=C(Cc1c(F)cccc1Cl)NC1(CCl)CCC1. The van der Waals surface area contributed by atoms with E-state index in [-0.39, 0.29) is 28.5 Å². The zero-order valence-corrected chi connectivity index (χ0v) is 11.3. The van der Waals surface area contributed by atoms with Gasteiger partial charge in [-0.05, 0) is 31.4 Å². The number of nitrogens with one attached hydrogen (secondary N) is 1. The van der Waals surface area contributed by atoms with Crippen LogP contribution in [-0.4, -0.2) is 17.3 Å². The maximum absolute atomic E-state index is 13.5. The van der Waals surface area contributed by atoms with E-state index in [4.69, 9.17) is 23.2 Å².